The van der Waals surface area contributed by atoms with Crippen molar-refractivity contribution in [2.45, 2.75) is 18.8 Å². The maximum Gasteiger partial charge on any atom is 0.0964 e. The molecule has 0 saturated carbocycles. The first-order valence-electron chi connectivity index (χ1n) is 6.47. The summed E-state index contributed by atoms with van der Waals surface area (Å²) in [7, 11) is 0. The van der Waals surface area contributed by atoms with E-state index >= 15 is 0 Å². The second kappa shape index (κ2) is 5.48. The third-order valence-electron chi connectivity index (χ3n) is 3.56. The molecule has 1 N–H and O–H groups in total. The molecule has 1 aliphatic heterocycles. The Morgan fingerprint density at radius 2 is 2.00 bits per heavy atom. The van der Waals surface area contributed by atoms with Gasteiger partial charge in [0.1, 0.15) is 0 Å². The van der Waals surface area contributed by atoms with E-state index in [1.165, 1.54) is 11.3 Å². The molecule has 0 amide bonds. The van der Waals surface area contributed by atoms with Gasteiger partial charge in [-0.05, 0) is 25.0 Å². The van der Waals surface area contributed by atoms with Gasteiger partial charge in [0.2, 0.25) is 0 Å². The maximum atomic E-state index is 7.27. The fraction of sp³-hybridized carbons (Fsp3) is 0.357. The summed E-state index contributed by atoms with van der Waals surface area (Å²) in [4.78, 5) is 10.9. The first-order chi connectivity index (χ1) is 9.36. The van der Waals surface area contributed by atoms with Crippen LogP contribution in [0.5, 0.6) is 0 Å². The minimum atomic E-state index is 0.553. The maximum absolute atomic E-state index is 7.27. The van der Waals surface area contributed by atoms with Crippen molar-refractivity contribution < 1.29 is 0 Å². The second-order valence-electron chi connectivity index (χ2n) is 4.75. The highest BCUT2D eigenvalue weighted by atomic mass is 32.1. The molecule has 4 nitrogen and oxygen atoms in total. The molecule has 1 fully saturated rings. The molecular weight excluding hydrogens is 256 g/mol. The Kier molecular flexibility index (Phi) is 3.55. The minimum Gasteiger partial charge on any atom is -0.363 e. The molecule has 0 unspecified atom stereocenters. The van der Waals surface area contributed by atoms with Crippen molar-refractivity contribution in [2.75, 3.05) is 13.1 Å². The Morgan fingerprint density at radius 1 is 1.26 bits per heavy atom. The molecular formula is C14H16N4S. The van der Waals surface area contributed by atoms with Gasteiger partial charge in [-0.3, -0.25) is 10.4 Å². The summed E-state index contributed by atoms with van der Waals surface area (Å²) >= 11 is 1.75. The van der Waals surface area contributed by atoms with Gasteiger partial charge in [0, 0.05) is 42.3 Å². The van der Waals surface area contributed by atoms with Gasteiger partial charge < -0.3 is 4.90 Å². The Labute approximate surface area is 116 Å². The molecule has 3 rings (SSSR count). The summed E-state index contributed by atoms with van der Waals surface area (Å²) in [5.41, 5.74) is 2.19. The van der Waals surface area contributed by atoms with Crippen molar-refractivity contribution in [3.05, 3.63) is 34.9 Å². The van der Waals surface area contributed by atoms with Gasteiger partial charge in [-0.2, -0.15) is 0 Å². The Hall–Kier alpha value is -1.75. The fourth-order valence-corrected chi connectivity index (χ4v) is 3.41. The number of nitrogens with one attached hydrogen (secondary N) is 1. The lowest BCUT2D eigenvalue weighted by Crippen LogP contribution is -2.31. The lowest BCUT2D eigenvalue weighted by Gasteiger charge is -2.28. The van der Waals surface area contributed by atoms with Gasteiger partial charge >= 0.3 is 0 Å². The van der Waals surface area contributed by atoms with E-state index in [1.807, 2.05) is 12.1 Å². The largest absolute Gasteiger partial charge is 0.363 e. The van der Waals surface area contributed by atoms with Crippen LogP contribution in [-0.2, 0) is 0 Å². The van der Waals surface area contributed by atoms with Gasteiger partial charge in [-0.25, -0.2) is 4.98 Å². The Balaban J connectivity index is 1.74. The number of pyridine rings is 1. The Morgan fingerprint density at radius 3 is 2.68 bits per heavy atom. The normalized spacial score (nSPS) is 16.5. The summed E-state index contributed by atoms with van der Waals surface area (Å²) in [6.07, 6.45) is 7.24. The van der Waals surface area contributed by atoms with Gasteiger partial charge in [0.25, 0.3) is 0 Å². The van der Waals surface area contributed by atoms with Gasteiger partial charge in [-0.15, -0.1) is 11.3 Å². The zero-order valence-electron chi connectivity index (χ0n) is 10.6. The van der Waals surface area contributed by atoms with Crippen LogP contribution in [0.15, 0.2) is 29.9 Å². The highest BCUT2D eigenvalue weighted by molar-refractivity contribution is 7.10. The van der Waals surface area contributed by atoms with Crippen LogP contribution in [0.25, 0.3) is 11.3 Å². The highest BCUT2D eigenvalue weighted by Gasteiger charge is 2.21. The molecule has 0 bridgehead atoms. The van der Waals surface area contributed by atoms with Crippen LogP contribution >= 0.6 is 11.3 Å². The summed E-state index contributed by atoms with van der Waals surface area (Å²) in [6, 6.07) is 3.99. The number of likely N-dealkylation sites (tertiary alicyclic amines) is 1. The number of rotatable bonds is 3. The molecule has 3 heterocycles. The molecule has 0 aliphatic carbocycles. The number of hydrogen-bond donors (Lipinski definition) is 1. The van der Waals surface area contributed by atoms with Crippen LogP contribution in [0, 0.1) is 5.41 Å². The van der Waals surface area contributed by atoms with Crippen molar-refractivity contribution in [3.8, 4) is 11.3 Å². The second-order valence-corrected chi connectivity index (χ2v) is 5.64. The van der Waals surface area contributed by atoms with Crippen LogP contribution in [0.2, 0.25) is 0 Å². The Bertz CT molecular complexity index is 544. The highest BCUT2D eigenvalue weighted by Crippen LogP contribution is 2.32. The molecule has 1 aliphatic rings. The van der Waals surface area contributed by atoms with E-state index in [0.29, 0.717) is 5.92 Å². The third-order valence-corrected chi connectivity index (χ3v) is 4.57. The monoisotopic (exact) mass is 272 g/mol. The summed E-state index contributed by atoms with van der Waals surface area (Å²) in [6.45, 7) is 1.94. The van der Waals surface area contributed by atoms with Gasteiger partial charge in [0.05, 0.1) is 17.0 Å². The molecule has 0 aromatic carbocycles. The SMILES string of the molecule is N=CN1CCC(c2nc(-c3ccncc3)cs2)CC1. The lowest BCUT2D eigenvalue weighted by atomic mass is 9.98. The predicted molar refractivity (Wildman–Crippen MR) is 77.7 cm³/mol. The van der Waals surface area contributed by atoms with Crippen molar-refractivity contribution in [1.29, 1.82) is 5.41 Å². The summed E-state index contributed by atoms with van der Waals surface area (Å²) < 4.78 is 0. The van der Waals surface area contributed by atoms with Gasteiger partial charge in [-0.1, -0.05) is 0 Å². The first kappa shape index (κ1) is 12.3. The summed E-state index contributed by atoms with van der Waals surface area (Å²) in [5.74, 6) is 0.553. The summed E-state index contributed by atoms with van der Waals surface area (Å²) in [5, 5.41) is 10.6. The standard InChI is InChI=1S/C14H16N4S/c15-10-18-7-3-12(4-8-18)14-17-13(9-19-14)11-1-5-16-6-2-11/h1-2,5-6,9-10,12,15H,3-4,7-8H2. The average molecular weight is 272 g/mol. The molecule has 2 aromatic heterocycles. The molecule has 0 radical (unpaired) electrons. The van der Waals surface area contributed by atoms with E-state index in [2.05, 4.69) is 15.3 Å². The third kappa shape index (κ3) is 2.66. The quantitative estimate of drug-likeness (QED) is 0.690. The van der Waals surface area contributed by atoms with E-state index in [-0.39, 0.29) is 0 Å². The van der Waals surface area contributed by atoms with Crippen LogP contribution in [-0.4, -0.2) is 34.3 Å². The van der Waals surface area contributed by atoms with Crippen molar-refractivity contribution in [2.24, 2.45) is 0 Å². The van der Waals surface area contributed by atoms with Crippen LogP contribution in [0.4, 0.5) is 0 Å². The van der Waals surface area contributed by atoms with Crippen LogP contribution < -0.4 is 0 Å². The van der Waals surface area contributed by atoms with Crippen molar-refractivity contribution >= 4 is 17.7 Å². The molecule has 1 saturated heterocycles. The number of nitrogens with zero attached hydrogens (tertiary/aromatic N) is 3. The molecule has 0 spiro atoms. The van der Waals surface area contributed by atoms with Crippen molar-refractivity contribution in [1.82, 2.24) is 14.9 Å². The average Bonchev–Trinajstić information content (AvgIpc) is 2.98. The number of aromatic nitrogens is 2. The lowest BCUT2D eigenvalue weighted by molar-refractivity contribution is 0.319. The van der Waals surface area contributed by atoms with E-state index in [1.54, 1.807) is 23.7 Å². The van der Waals surface area contributed by atoms with Crippen molar-refractivity contribution in [3.63, 3.8) is 0 Å². The molecule has 2 aromatic rings. The van der Waals surface area contributed by atoms with E-state index in [4.69, 9.17) is 10.4 Å². The first-order valence-corrected chi connectivity index (χ1v) is 7.35. The predicted octanol–water partition coefficient (Wildman–Crippen LogP) is 2.99. The zero-order chi connectivity index (χ0) is 13.1. The molecule has 19 heavy (non-hydrogen) atoms. The number of piperidine rings is 1. The number of hydrogen-bond acceptors (Lipinski definition) is 4. The fourth-order valence-electron chi connectivity index (χ4n) is 2.41. The van der Waals surface area contributed by atoms with Crippen LogP contribution in [0.1, 0.15) is 23.8 Å². The van der Waals surface area contributed by atoms with E-state index < -0.39 is 0 Å². The van der Waals surface area contributed by atoms with E-state index in [9.17, 15) is 0 Å². The molecule has 98 valence electrons. The smallest absolute Gasteiger partial charge is 0.0964 e. The molecule has 5 heteroatoms. The minimum absolute atomic E-state index is 0.553. The topological polar surface area (TPSA) is 52.9 Å². The van der Waals surface area contributed by atoms with Gasteiger partial charge in [0.15, 0.2) is 0 Å². The van der Waals surface area contributed by atoms with E-state index in [0.717, 1.165) is 37.2 Å². The number of thiazole rings is 1. The molecule has 0 atom stereocenters. The zero-order valence-corrected chi connectivity index (χ0v) is 11.4. The van der Waals surface area contributed by atoms with Crippen LogP contribution in [0.3, 0.4) is 0 Å².